The highest BCUT2D eigenvalue weighted by atomic mass is 35.5. The third-order valence-corrected chi connectivity index (χ3v) is 10.3. The highest BCUT2D eigenvalue weighted by molar-refractivity contribution is 8.16. The summed E-state index contributed by atoms with van der Waals surface area (Å²) in [5.41, 5.74) is 2.34. The summed E-state index contributed by atoms with van der Waals surface area (Å²) in [5, 5.41) is 0.649. The molecule has 4 aromatic carbocycles. The molecule has 4 amide bonds. The predicted octanol–water partition coefficient (Wildman–Crippen LogP) is 6.58. The number of rotatable bonds is 14. The number of thioether (sulfide) groups is 2. The zero-order valence-corrected chi connectivity index (χ0v) is 29.3. The number of methoxy groups -OCH3 is 1. The Bertz CT molecular complexity index is 2020. The lowest BCUT2D eigenvalue weighted by molar-refractivity contribution is -0.119. The molecule has 2 fully saturated rings. The Hall–Kier alpha value is -5.11. The van der Waals surface area contributed by atoms with Gasteiger partial charge < -0.3 is 14.2 Å². The molecule has 2 aliphatic rings. The molecule has 2 saturated heterocycles. The van der Waals surface area contributed by atoms with E-state index in [2.05, 4.69) is 5.32 Å². The maximum Gasteiger partial charge on any atom is 0.293 e. The Morgan fingerprint density at radius 3 is 1.96 bits per heavy atom. The van der Waals surface area contributed by atoms with Gasteiger partial charge in [0.2, 0.25) is 17.6 Å². The summed E-state index contributed by atoms with van der Waals surface area (Å²) >= 11 is 7.80. The summed E-state index contributed by atoms with van der Waals surface area (Å²) in [6.07, 6.45) is 0.626. The first-order valence-electron chi connectivity index (χ1n) is 15.6. The fourth-order valence-corrected chi connectivity index (χ4v) is 7.53. The van der Waals surface area contributed by atoms with E-state index in [0.29, 0.717) is 28.5 Å². The van der Waals surface area contributed by atoms with Crippen molar-refractivity contribution in [1.29, 1.82) is 0 Å². The van der Waals surface area contributed by atoms with E-state index in [4.69, 9.17) is 25.8 Å². The quantitative estimate of drug-likeness (QED) is 0.140. The van der Waals surface area contributed by atoms with Crippen LogP contribution in [0.15, 0.2) is 91.0 Å². The van der Waals surface area contributed by atoms with E-state index in [9.17, 15) is 28.8 Å². The molecule has 51 heavy (non-hydrogen) atoms. The van der Waals surface area contributed by atoms with Gasteiger partial charge in [-0.2, -0.15) is 0 Å². The van der Waals surface area contributed by atoms with E-state index in [1.54, 1.807) is 84.9 Å². The maximum absolute atomic E-state index is 13.6. The van der Waals surface area contributed by atoms with Crippen molar-refractivity contribution in [3.05, 3.63) is 118 Å². The third kappa shape index (κ3) is 8.44. The number of imide groups is 2. The molecule has 11 nitrogen and oxygen atoms in total. The van der Waals surface area contributed by atoms with Crippen molar-refractivity contribution in [2.24, 2.45) is 0 Å². The van der Waals surface area contributed by atoms with Gasteiger partial charge in [0.15, 0.2) is 24.7 Å². The Kier molecular flexibility index (Phi) is 11.1. The van der Waals surface area contributed by atoms with Gasteiger partial charge in [0.1, 0.15) is 11.5 Å². The van der Waals surface area contributed by atoms with Gasteiger partial charge in [0.25, 0.3) is 10.5 Å². The van der Waals surface area contributed by atoms with Crippen molar-refractivity contribution in [2.45, 2.75) is 23.3 Å². The minimum Gasteiger partial charge on any atom is -0.494 e. The maximum atomic E-state index is 13.6. The number of hydrogen-bond donors (Lipinski definition) is 1. The predicted molar refractivity (Wildman–Crippen MR) is 194 cm³/mol. The van der Waals surface area contributed by atoms with Crippen LogP contribution in [0, 0.1) is 0 Å². The molecule has 2 aliphatic heterocycles. The summed E-state index contributed by atoms with van der Waals surface area (Å²) in [5.74, 6) is -0.476. The number of Topliss-reactive ketones (excluding diaryl/α,β-unsaturated/α-hetero) is 2. The number of nitrogens with one attached hydrogen (secondary N) is 1. The topological polar surface area (TPSA) is 145 Å². The van der Waals surface area contributed by atoms with Crippen molar-refractivity contribution in [1.82, 2.24) is 5.32 Å². The largest absolute Gasteiger partial charge is 0.494 e. The molecule has 0 aliphatic carbocycles. The molecule has 2 heterocycles. The molecule has 0 bridgehead atoms. The SMILES string of the molecule is COc1c(C(=O)COc2ccc(CC3SC(=O)NC3=O)cc2)cccc1N1C(=O)SC(Cc2ccc(OCC(=O)c3cccc(Cl)c3)cc2)C1=O. The van der Waals surface area contributed by atoms with Crippen LogP contribution in [-0.4, -0.2) is 64.7 Å². The van der Waals surface area contributed by atoms with Gasteiger partial charge in [-0.15, -0.1) is 0 Å². The van der Waals surface area contributed by atoms with Crippen LogP contribution in [0.3, 0.4) is 0 Å². The van der Waals surface area contributed by atoms with E-state index in [0.717, 1.165) is 39.6 Å². The van der Waals surface area contributed by atoms with Crippen LogP contribution in [0.25, 0.3) is 0 Å². The Labute approximate surface area is 306 Å². The number of amides is 4. The number of nitrogens with zero attached hydrogens (tertiary/aromatic N) is 1. The van der Waals surface area contributed by atoms with E-state index in [1.807, 2.05) is 0 Å². The summed E-state index contributed by atoms with van der Waals surface area (Å²) in [6.45, 7) is -0.516. The summed E-state index contributed by atoms with van der Waals surface area (Å²) in [7, 11) is 1.35. The van der Waals surface area contributed by atoms with Gasteiger partial charge in [-0.1, -0.05) is 77.6 Å². The van der Waals surface area contributed by atoms with Crippen LogP contribution in [0.1, 0.15) is 31.8 Å². The summed E-state index contributed by atoms with van der Waals surface area (Å²) in [6, 6.07) is 25.0. The molecule has 6 rings (SSSR count). The van der Waals surface area contributed by atoms with Crippen molar-refractivity contribution in [3.63, 3.8) is 0 Å². The Morgan fingerprint density at radius 2 is 1.37 bits per heavy atom. The normalized spacial score (nSPS) is 17.0. The number of ketones is 2. The minimum absolute atomic E-state index is 0.0695. The molecule has 1 N–H and O–H groups in total. The average molecular weight is 745 g/mol. The van der Waals surface area contributed by atoms with Crippen molar-refractivity contribution in [2.75, 3.05) is 25.2 Å². The standard InChI is InChI=1S/C37H29ClN2O9S2/c1-47-33-27(30(42)20-49-26-12-8-21(9-13-26)16-31-34(43)39-36(45)50-31)6-3-7-28(33)40-35(44)32(51-37(40)46)17-22-10-14-25(15-11-22)48-19-29(41)23-4-2-5-24(38)18-23/h2-15,18,31-32H,16-17,19-20H2,1H3,(H,39,43,45). The molecular weight excluding hydrogens is 716 g/mol. The second-order valence-electron chi connectivity index (χ2n) is 11.4. The number of para-hydroxylation sites is 1. The Morgan fingerprint density at radius 1 is 0.765 bits per heavy atom. The zero-order chi connectivity index (χ0) is 36.1. The lowest BCUT2D eigenvalue weighted by atomic mass is 10.1. The molecule has 4 aromatic rings. The van der Waals surface area contributed by atoms with Crippen molar-refractivity contribution >= 4 is 74.7 Å². The molecule has 2 atom stereocenters. The van der Waals surface area contributed by atoms with E-state index >= 15 is 0 Å². The molecule has 2 unspecified atom stereocenters. The monoisotopic (exact) mass is 744 g/mol. The van der Waals surface area contributed by atoms with Crippen LogP contribution >= 0.6 is 35.1 Å². The number of carbonyl (C=O) groups excluding carboxylic acids is 6. The molecular formula is C37H29ClN2O9S2. The van der Waals surface area contributed by atoms with Crippen molar-refractivity contribution < 1.29 is 43.0 Å². The fourth-order valence-electron chi connectivity index (χ4n) is 5.46. The molecule has 0 saturated carbocycles. The summed E-state index contributed by atoms with van der Waals surface area (Å²) in [4.78, 5) is 76.8. The number of halogens is 1. The molecule has 0 aromatic heterocycles. The smallest absolute Gasteiger partial charge is 0.293 e. The van der Waals surface area contributed by atoms with Gasteiger partial charge in [-0.25, -0.2) is 4.90 Å². The average Bonchev–Trinajstić information content (AvgIpc) is 3.60. The Balaban J connectivity index is 1.06. The van der Waals surface area contributed by atoms with E-state index in [-0.39, 0.29) is 53.6 Å². The first-order chi connectivity index (χ1) is 24.6. The first kappa shape index (κ1) is 35.7. The van der Waals surface area contributed by atoms with Gasteiger partial charge in [0.05, 0.1) is 28.9 Å². The van der Waals surface area contributed by atoms with Crippen LogP contribution in [0.5, 0.6) is 17.2 Å². The second-order valence-corrected chi connectivity index (χ2v) is 14.2. The van der Waals surface area contributed by atoms with Crippen molar-refractivity contribution in [3.8, 4) is 17.2 Å². The molecule has 0 spiro atoms. The minimum atomic E-state index is -0.717. The fraction of sp³-hybridized carbons (Fsp3) is 0.189. The van der Waals surface area contributed by atoms with Crippen LogP contribution in [-0.2, 0) is 22.4 Å². The number of hydrogen-bond acceptors (Lipinski definition) is 11. The summed E-state index contributed by atoms with van der Waals surface area (Å²) < 4.78 is 16.9. The van der Waals surface area contributed by atoms with Gasteiger partial charge >= 0.3 is 0 Å². The van der Waals surface area contributed by atoms with Gasteiger partial charge in [0, 0.05) is 10.6 Å². The van der Waals surface area contributed by atoms with E-state index < -0.39 is 27.4 Å². The van der Waals surface area contributed by atoms with Crippen LogP contribution < -0.4 is 24.4 Å². The van der Waals surface area contributed by atoms with Gasteiger partial charge in [-0.3, -0.25) is 34.1 Å². The van der Waals surface area contributed by atoms with Gasteiger partial charge in [-0.05, 0) is 72.5 Å². The lowest BCUT2D eigenvalue weighted by Gasteiger charge is -2.19. The molecule has 14 heteroatoms. The second kappa shape index (κ2) is 15.8. The number of ether oxygens (including phenoxy) is 3. The number of carbonyl (C=O) groups is 6. The van der Waals surface area contributed by atoms with Crippen LogP contribution in [0.2, 0.25) is 5.02 Å². The van der Waals surface area contributed by atoms with Crippen LogP contribution in [0.4, 0.5) is 15.3 Å². The third-order valence-electron chi connectivity index (χ3n) is 8.00. The lowest BCUT2D eigenvalue weighted by Crippen LogP contribution is -2.32. The molecule has 0 radical (unpaired) electrons. The highest BCUT2D eigenvalue weighted by Crippen LogP contribution is 2.40. The zero-order valence-electron chi connectivity index (χ0n) is 27.0. The number of anilines is 1. The van der Waals surface area contributed by atoms with E-state index in [1.165, 1.54) is 13.2 Å². The first-order valence-corrected chi connectivity index (χ1v) is 17.7. The number of benzene rings is 4. The molecule has 260 valence electrons. The highest BCUT2D eigenvalue weighted by Gasteiger charge is 2.42.